The van der Waals surface area contributed by atoms with Gasteiger partial charge in [-0.2, -0.15) is 6.07 Å². The molecule has 31 heavy (non-hydrogen) atoms. The molecule has 3 aromatic carbocycles. The molecule has 0 atom stereocenters. The second kappa shape index (κ2) is 13.0. The van der Waals surface area contributed by atoms with E-state index in [2.05, 4.69) is 105 Å². The van der Waals surface area contributed by atoms with Crippen molar-refractivity contribution in [3.8, 4) is 11.1 Å². The number of thioether (sulfide) groups is 1. The van der Waals surface area contributed by atoms with E-state index in [4.69, 9.17) is 0 Å². The van der Waals surface area contributed by atoms with Crippen LogP contribution in [0.5, 0.6) is 0 Å². The van der Waals surface area contributed by atoms with Crippen molar-refractivity contribution in [1.29, 1.82) is 0 Å². The van der Waals surface area contributed by atoms with Crippen LogP contribution < -0.4 is 24.8 Å². The molecule has 157 valence electrons. The van der Waals surface area contributed by atoms with Crippen molar-refractivity contribution in [2.75, 3.05) is 5.75 Å². The molecule has 0 unspecified atom stereocenters. The standard InChI is InChI=1S/C16H13.C10H12SSi.2ClH.Zr/c1-12-10-14-8-5-9-15(16(14)11-12)13-6-3-2-4-7-13;1-12(2)7-8-5-9-3-4-11-10(9)6-8;;;/h2-11H,1H3;3,5-7H,4H2,1-2H3;2*1H;/q-1;;;;+3/p-2. The van der Waals surface area contributed by atoms with Crippen LogP contribution >= 0.6 is 11.8 Å². The number of hydrogen-bond acceptors (Lipinski definition) is 1. The predicted molar refractivity (Wildman–Crippen MR) is 130 cm³/mol. The Balaban J connectivity index is 0.000000292. The van der Waals surface area contributed by atoms with Crippen LogP contribution in [0, 0.1) is 6.92 Å². The first-order valence-corrected chi connectivity index (χ1v) is 13.3. The summed E-state index contributed by atoms with van der Waals surface area (Å²) in [5.74, 6) is 1.17. The Morgan fingerprint density at radius 3 is 2.39 bits per heavy atom. The van der Waals surface area contributed by atoms with Crippen molar-refractivity contribution in [3.63, 3.8) is 0 Å². The largest absolute Gasteiger partial charge is 3.00 e. The molecule has 0 N–H and O–H groups in total. The van der Waals surface area contributed by atoms with Crippen molar-refractivity contribution in [2.24, 2.45) is 0 Å². The summed E-state index contributed by atoms with van der Waals surface area (Å²) in [5, 5.41) is 2.69. The predicted octanol–water partition coefficient (Wildman–Crippen LogP) is 1.16. The summed E-state index contributed by atoms with van der Waals surface area (Å²) in [6.45, 7) is 6.79. The van der Waals surface area contributed by atoms with Crippen molar-refractivity contribution in [2.45, 2.75) is 20.0 Å². The normalized spacial score (nSPS) is 13.2. The summed E-state index contributed by atoms with van der Waals surface area (Å²) in [4.78, 5) is 1.48. The molecule has 0 bridgehead atoms. The zero-order valence-electron chi connectivity index (χ0n) is 18.0. The Labute approximate surface area is 223 Å². The van der Waals surface area contributed by atoms with Gasteiger partial charge in [-0.1, -0.05) is 73.7 Å². The molecule has 0 nitrogen and oxygen atoms in total. The summed E-state index contributed by atoms with van der Waals surface area (Å²) in [6, 6.07) is 21.6. The average molecular weight is 560 g/mol. The third-order valence-electron chi connectivity index (χ3n) is 4.88. The van der Waals surface area contributed by atoms with Gasteiger partial charge in [0.25, 0.3) is 0 Å². The maximum Gasteiger partial charge on any atom is 3.00 e. The molecular weight excluding hydrogens is 535 g/mol. The molecule has 0 saturated heterocycles. The molecule has 1 heterocycles. The Kier molecular flexibility index (Phi) is 11.8. The maximum atomic E-state index is 2.41. The van der Waals surface area contributed by atoms with Gasteiger partial charge in [0, 0.05) is 19.1 Å². The van der Waals surface area contributed by atoms with Gasteiger partial charge >= 0.3 is 26.2 Å². The van der Waals surface area contributed by atoms with Crippen LogP contribution in [0.3, 0.4) is 0 Å². The Bertz CT molecular complexity index is 1140. The minimum atomic E-state index is -0.222. The molecule has 1 radical (unpaired) electrons. The quantitative estimate of drug-likeness (QED) is 0.336. The molecule has 1 aliphatic heterocycles. The van der Waals surface area contributed by atoms with Gasteiger partial charge in [-0.25, -0.2) is 0 Å². The average Bonchev–Trinajstić information content (AvgIpc) is 3.35. The van der Waals surface area contributed by atoms with Crippen molar-refractivity contribution < 1.29 is 51.0 Å². The summed E-state index contributed by atoms with van der Waals surface area (Å²) >= 11 is 1.95. The van der Waals surface area contributed by atoms with E-state index >= 15 is 0 Å². The molecule has 0 saturated carbocycles. The molecule has 3 aromatic rings. The van der Waals surface area contributed by atoms with Gasteiger partial charge < -0.3 is 24.8 Å². The fraction of sp³-hybridized carbons (Fsp3) is 0.154. The monoisotopic (exact) mass is 557 g/mol. The van der Waals surface area contributed by atoms with Gasteiger partial charge in [-0.15, -0.1) is 46.3 Å². The summed E-state index contributed by atoms with van der Waals surface area (Å²) in [5.41, 5.74) is 9.25. The molecule has 2 aliphatic rings. The third-order valence-corrected chi connectivity index (χ3v) is 6.79. The van der Waals surface area contributed by atoms with Crippen LogP contribution in [-0.4, -0.2) is 19.8 Å². The van der Waals surface area contributed by atoms with Gasteiger partial charge in [0.1, 0.15) is 0 Å². The summed E-state index contributed by atoms with van der Waals surface area (Å²) in [7, 11) is -0.222. The first-order valence-electron chi connectivity index (χ1n) is 9.73. The molecule has 0 fully saturated rings. The van der Waals surface area contributed by atoms with Gasteiger partial charge in [0.05, 0.1) is 0 Å². The number of fused-ring (bicyclic) bond motifs is 2. The minimum Gasteiger partial charge on any atom is -1.00 e. The van der Waals surface area contributed by atoms with Crippen LogP contribution in [0.4, 0.5) is 0 Å². The van der Waals surface area contributed by atoms with E-state index in [0.717, 1.165) is 0 Å². The van der Waals surface area contributed by atoms with Crippen LogP contribution in [0.15, 0.2) is 94.9 Å². The van der Waals surface area contributed by atoms with Crippen molar-refractivity contribution >= 4 is 36.6 Å². The fourth-order valence-electron chi connectivity index (χ4n) is 3.70. The topological polar surface area (TPSA) is 0 Å². The maximum absolute atomic E-state index is 2.41. The van der Waals surface area contributed by atoms with E-state index < -0.39 is 0 Å². The van der Waals surface area contributed by atoms with Crippen LogP contribution in [-0.2, 0) is 26.2 Å². The van der Waals surface area contributed by atoms with Crippen LogP contribution in [0.25, 0.3) is 21.9 Å². The van der Waals surface area contributed by atoms with Crippen molar-refractivity contribution in [1.82, 2.24) is 0 Å². The first kappa shape index (κ1) is 28.2. The van der Waals surface area contributed by atoms with E-state index in [9.17, 15) is 0 Å². The number of hydrogen-bond donors (Lipinski definition) is 0. The van der Waals surface area contributed by atoms with Crippen molar-refractivity contribution in [3.05, 3.63) is 101 Å². The Morgan fingerprint density at radius 2 is 1.71 bits per heavy atom. The molecule has 0 spiro atoms. The van der Waals surface area contributed by atoms with E-state index in [1.54, 1.807) is 0 Å². The summed E-state index contributed by atoms with van der Waals surface area (Å²) in [6.07, 6.45) is 6.95. The number of rotatable bonds is 2. The molecule has 1 aliphatic carbocycles. The second-order valence-corrected chi connectivity index (χ2v) is 11.1. The van der Waals surface area contributed by atoms with E-state index in [1.165, 1.54) is 49.3 Å². The van der Waals surface area contributed by atoms with Crippen LogP contribution in [0.2, 0.25) is 13.1 Å². The van der Waals surface area contributed by atoms with Gasteiger partial charge in [0.2, 0.25) is 0 Å². The SMILES string of the molecule is C[Si](C)=CC1=CC2=CCSC2=C1.Cc1cc2c(-c3ccccc3)cccc2[cH-]1.[Cl-].[Cl-].[Zr+3]. The Morgan fingerprint density at radius 1 is 0.968 bits per heavy atom. The van der Waals surface area contributed by atoms with E-state index in [-0.39, 0.29) is 59.4 Å². The summed E-state index contributed by atoms with van der Waals surface area (Å²) < 4.78 is 0. The number of benzene rings is 2. The smallest absolute Gasteiger partial charge is 1.00 e. The molecule has 5 heteroatoms. The van der Waals surface area contributed by atoms with E-state index in [0.29, 0.717) is 0 Å². The third kappa shape index (κ3) is 7.07. The fourth-order valence-corrected chi connectivity index (χ4v) is 5.51. The zero-order valence-corrected chi connectivity index (χ0v) is 23.7. The zero-order chi connectivity index (χ0) is 19.5. The van der Waals surface area contributed by atoms with Crippen LogP contribution in [0.1, 0.15) is 5.56 Å². The Hall–Kier alpha value is -0.830. The first-order chi connectivity index (χ1) is 13.6. The molecular formula is C26H25Cl2SSiZr. The number of halogens is 2. The minimum absolute atomic E-state index is 0. The number of allylic oxidation sites excluding steroid dienone is 4. The van der Waals surface area contributed by atoms with Gasteiger partial charge in [-0.3, -0.25) is 0 Å². The molecule has 0 amide bonds. The molecule has 5 rings (SSSR count). The van der Waals surface area contributed by atoms with Gasteiger partial charge in [0.15, 0.2) is 0 Å². The van der Waals surface area contributed by atoms with Gasteiger partial charge in [-0.05, 0) is 28.9 Å². The van der Waals surface area contributed by atoms with E-state index in [1.807, 2.05) is 11.8 Å². The number of aryl methyl sites for hydroxylation is 1. The second-order valence-electron chi connectivity index (χ2n) is 7.55. The molecule has 0 aromatic heterocycles.